The highest BCUT2D eigenvalue weighted by atomic mass is 16.6. The van der Waals surface area contributed by atoms with Gasteiger partial charge in [-0.15, -0.1) is 0 Å². The quantitative estimate of drug-likeness (QED) is 0.777. The molecule has 0 spiro atoms. The van der Waals surface area contributed by atoms with Crippen LogP contribution in [0.1, 0.15) is 75.1 Å². The summed E-state index contributed by atoms with van der Waals surface area (Å²) in [6, 6.07) is 0. The van der Waals surface area contributed by atoms with Crippen LogP contribution in [0, 0.1) is 0 Å². The van der Waals surface area contributed by atoms with E-state index in [1.807, 2.05) is 13.1 Å². The molecular weight excluding hydrogens is 304 g/mol. The third-order valence-electron chi connectivity index (χ3n) is 4.85. The Hall–Kier alpha value is -1.82. The van der Waals surface area contributed by atoms with Gasteiger partial charge in [-0.2, -0.15) is 0 Å². The van der Waals surface area contributed by atoms with E-state index in [0.29, 0.717) is 18.4 Å². The van der Waals surface area contributed by atoms with Gasteiger partial charge < -0.3 is 9.63 Å². The van der Waals surface area contributed by atoms with Gasteiger partial charge in [0, 0.05) is 30.0 Å². The van der Waals surface area contributed by atoms with Gasteiger partial charge in [-0.3, -0.25) is 4.90 Å². The Morgan fingerprint density at radius 3 is 2.71 bits per heavy atom. The number of piperidine rings is 1. The average Bonchev–Trinajstić information content (AvgIpc) is 3.01. The van der Waals surface area contributed by atoms with Crippen molar-refractivity contribution >= 4 is 12.0 Å². The highest BCUT2D eigenvalue weighted by Gasteiger charge is 2.30. The number of likely N-dealkylation sites (tertiary alicyclic amines) is 1. The third kappa shape index (κ3) is 3.64. The first kappa shape index (κ1) is 17.0. The van der Waals surface area contributed by atoms with Crippen LogP contribution in [0.5, 0.6) is 0 Å². The molecule has 0 N–H and O–H groups in total. The second-order valence-electron chi connectivity index (χ2n) is 7.09. The van der Waals surface area contributed by atoms with E-state index in [9.17, 15) is 4.79 Å². The van der Waals surface area contributed by atoms with Crippen molar-refractivity contribution in [3.05, 3.63) is 23.3 Å². The molecule has 1 saturated heterocycles. The molecule has 130 valence electrons. The third-order valence-corrected chi connectivity index (χ3v) is 4.85. The molecule has 1 fully saturated rings. The Morgan fingerprint density at radius 2 is 2.12 bits per heavy atom. The van der Waals surface area contributed by atoms with Crippen molar-refractivity contribution < 1.29 is 9.63 Å². The largest absolute Gasteiger partial charge is 0.387 e. The lowest BCUT2D eigenvalue weighted by molar-refractivity contribution is -0.109. The molecule has 0 radical (unpaired) electrons. The van der Waals surface area contributed by atoms with Crippen molar-refractivity contribution in [2.45, 2.75) is 58.0 Å². The smallest absolute Gasteiger partial charge is 0.161 e. The van der Waals surface area contributed by atoms with Gasteiger partial charge in [-0.05, 0) is 32.9 Å². The van der Waals surface area contributed by atoms with Crippen LogP contribution < -0.4 is 0 Å². The summed E-state index contributed by atoms with van der Waals surface area (Å²) in [5, 5.41) is 4.09. The fourth-order valence-corrected chi connectivity index (χ4v) is 3.43. The summed E-state index contributed by atoms with van der Waals surface area (Å²) in [7, 11) is 0. The van der Waals surface area contributed by atoms with Gasteiger partial charge in [0.25, 0.3) is 0 Å². The Kier molecular flexibility index (Phi) is 5.23. The SMILES string of the molecule is CC1=NOC(c2cnc(C(C)C)nc2C2CCN(CC=O)CC2)C1. The normalized spacial score (nSPS) is 22.5. The van der Waals surface area contributed by atoms with Crippen LogP contribution in [0.2, 0.25) is 0 Å². The minimum absolute atomic E-state index is 0.0609. The molecule has 1 atom stereocenters. The Labute approximate surface area is 143 Å². The van der Waals surface area contributed by atoms with Crippen LogP contribution in [0.4, 0.5) is 0 Å². The lowest BCUT2D eigenvalue weighted by Gasteiger charge is -2.31. The Balaban J connectivity index is 1.84. The van der Waals surface area contributed by atoms with E-state index in [4.69, 9.17) is 9.82 Å². The number of aromatic nitrogens is 2. The summed E-state index contributed by atoms with van der Waals surface area (Å²) in [6.45, 7) is 8.62. The summed E-state index contributed by atoms with van der Waals surface area (Å²) in [6.07, 6.45) is 5.70. The van der Waals surface area contributed by atoms with Crippen molar-refractivity contribution in [3.8, 4) is 0 Å². The van der Waals surface area contributed by atoms with E-state index in [1.165, 1.54) is 0 Å². The zero-order chi connectivity index (χ0) is 17.1. The first-order chi connectivity index (χ1) is 11.6. The molecular formula is C18H26N4O2. The minimum atomic E-state index is -0.0609. The van der Waals surface area contributed by atoms with Crippen LogP contribution in [0.3, 0.4) is 0 Å². The molecule has 1 aromatic rings. The molecule has 0 aliphatic carbocycles. The summed E-state index contributed by atoms with van der Waals surface area (Å²) >= 11 is 0. The molecule has 0 aromatic carbocycles. The van der Waals surface area contributed by atoms with E-state index >= 15 is 0 Å². The number of nitrogens with zero attached hydrogens (tertiary/aromatic N) is 4. The maximum Gasteiger partial charge on any atom is 0.161 e. The molecule has 1 aromatic heterocycles. The van der Waals surface area contributed by atoms with Gasteiger partial charge in [-0.25, -0.2) is 9.97 Å². The summed E-state index contributed by atoms with van der Waals surface area (Å²) < 4.78 is 0. The first-order valence-corrected chi connectivity index (χ1v) is 8.80. The molecule has 24 heavy (non-hydrogen) atoms. The van der Waals surface area contributed by atoms with Crippen LogP contribution in [-0.4, -0.2) is 46.5 Å². The Morgan fingerprint density at radius 1 is 1.38 bits per heavy atom. The maximum atomic E-state index is 10.7. The summed E-state index contributed by atoms with van der Waals surface area (Å²) in [4.78, 5) is 28.0. The van der Waals surface area contributed by atoms with Crippen LogP contribution in [0.25, 0.3) is 0 Å². The van der Waals surface area contributed by atoms with Crippen molar-refractivity contribution in [1.29, 1.82) is 0 Å². The predicted octanol–water partition coefficient (Wildman–Crippen LogP) is 2.82. The van der Waals surface area contributed by atoms with E-state index in [0.717, 1.165) is 61.4 Å². The van der Waals surface area contributed by atoms with Gasteiger partial charge in [0.1, 0.15) is 12.1 Å². The van der Waals surface area contributed by atoms with E-state index in [-0.39, 0.29) is 6.10 Å². The lowest BCUT2D eigenvalue weighted by atomic mass is 9.88. The number of carbonyl (C=O) groups is 1. The molecule has 0 saturated carbocycles. The second kappa shape index (κ2) is 7.38. The number of carbonyl (C=O) groups excluding carboxylic acids is 1. The number of aldehydes is 1. The first-order valence-electron chi connectivity index (χ1n) is 8.80. The van der Waals surface area contributed by atoms with Crippen LogP contribution in [-0.2, 0) is 9.63 Å². The second-order valence-corrected chi connectivity index (χ2v) is 7.09. The molecule has 0 amide bonds. The monoisotopic (exact) mass is 330 g/mol. The van der Waals surface area contributed by atoms with E-state index in [2.05, 4.69) is 28.9 Å². The molecule has 6 heteroatoms. The number of hydrogen-bond donors (Lipinski definition) is 0. The Bertz CT molecular complexity index is 621. The summed E-state index contributed by atoms with van der Waals surface area (Å²) in [5.74, 6) is 1.59. The number of oxime groups is 1. The van der Waals surface area contributed by atoms with Crippen LogP contribution in [0.15, 0.2) is 11.4 Å². The minimum Gasteiger partial charge on any atom is -0.387 e. The topological polar surface area (TPSA) is 67.7 Å². The highest BCUT2D eigenvalue weighted by molar-refractivity contribution is 5.83. The van der Waals surface area contributed by atoms with Crippen molar-refractivity contribution in [1.82, 2.24) is 14.9 Å². The molecule has 1 unspecified atom stereocenters. The van der Waals surface area contributed by atoms with Crippen molar-refractivity contribution in [2.24, 2.45) is 5.16 Å². The molecule has 0 bridgehead atoms. The zero-order valence-corrected chi connectivity index (χ0v) is 14.7. The van der Waals surface area contributed by atoms with Gasteiger partial charge in [0.2, 0.25) is 0 Å². The van der Waals surface area contributed by atoms with Crippen LogP contribution >= 0.6 is 0 Å². The van der Waals surface area contributed by atoms with Gasteiger partial charge in [0.05, 0.1) is 18.0 Å². The summed E-state index contributed by atoms with van der Waals surface area (Å²) in [5.41, 5.74) is 3.21. The molecule has 3 rings (SSSR count). The lowest BCUT2D eigenvalue weighted by Crippen LogP contribution is -2.34. The zero-order valence-electron chi connectivity index (χ0n) is 14.7. The van der Waals surface area contributed by atoms with E-state index in [1.54, 1.807) is 0 Å². The average molecular weight is 330 g/mol. The molecule has 3 heterocycles. The number of rotatable bonds is 5. The molecule has 2 aliphatic rings. The molecule has 2 aliphatic heterocycles. The van der Waals surface area contributed by atoms with Gasteiger partial charge in [0.15, 0.2) is 6.10 Å². The maximum absolute atomic E-state index is 10.7. The van der Waals surface area contributed by atoms with Gasteiger partial charge >= 0.3 is 0 Å². The van der Waals surface area contributed by atoms with Gasteiger partial charge in [-0.1, -0.05) is 19.0 Å². The van der Waals surface area contributed by atoms with E-state index < -0.39 is 0 Å². The molecule has 6 nitrogen and oxygen atoms in total. The van der Waals surface area contributed by atoms with Crippen molar-refractivity contribution in [3.63, 3.8) is 0 Å². The fourth-order valence-electron chi connectivity index (χ4n) is 3.43. The predicted molar refractivity (Wildman–Crippen MR) is 92.2 cm³/mol. The standard InChI is InChI=1S/C18H26N4O2/c1-12(2)18-19-11-15(16-10-13(3)21-24-16)17(20-18)14-4-6-22(7-5-14)8-9-23/h9,11-12,14,16H,4-8,10H2,1-3H3. The number of hydrogen-bond acceptors (Lipinski definition) is 6. The highest BCUT2D eigenvalue weighted by Crippen LogP contribution is 2.36. The van der Waals surface area contributed by atoms with Crippen molar-refractivity contribution in [2.75, 3.05) is 19.6 Å². The fraction of sp³-hybridized carbons (Fsp3) is 0.667.